The van der Waals surface area contributed by atoms with Gasteiger partial charge in [-0.25, -0.2) is 4.99 Å². The van der Waals surface area contributed by atoms with Crippen molar-refractivity contribution in [3.63, 3.8) is 0 Å². The first-order valence-electron chi connectivity index (χ1n) is 7.44. The number of carbonyl (C=O) groups is 1. The molecule has 3 rings (SSSR count). The molecule has 0 amide bonds. The second kappa shape index (κ2) is 5.50. The van der Waals surface area contributed by atoms with Gasteiger partial charge in [-0.1, -0.05) is 37.0 Å². The smallest absolute Gasteiger partial charge is 0.216 e. The second-order valence-electron chi connectivity index (χ2n) is 6.48. The maximum Gasteiger partial charge on any atom is 0.216 e. The average molecular weight is 350 g/mol. The maximum atomic E-state index is 12.1. The number of halogens is 2. The number of Topliss-reactive ketones (excluding diaryl/α,β-unsaturated/α-hetero) is 1. The number of aliphatic imine (C=N–C) groups is 1. The third-order valence-corrected chi connectivity index (χ3v) is 4.68. The molecule has 120 valence electrons. The number of hydrogen-bond donors (Lipinski definition) is 0. The van der Waals surface area contributed by atoms with Gasteiger partial charge in [0.25, 0.3) is 0 Å². The van der Waals surface area contributed by atoms with Gasteiger partial charge in [-0.15, -0.1) is 0 Å². The van der Waals surface area contributed by atoms with Crippen LogP contribution in [0.4, 0.5) is 5.69 Å². The van der Waals surface area contributed by atoms with E-state index < -0.39 is 5.41 Å². The lowest BCUT2D eigenvalue weighted by Gasteiger charge is -2.36. The molecule has 1 aromatic rings. The molecule has 0 spiro atoms. The van der Waals surface area contributed by atoms with E-state index in [9.17, 15) is 4.79 Å². The molecule has 1 aliphatic carbocycles. The van der Waals surface area contributed by atoms with E-state index in [4.69, 9.17) is 27.9 Å². The number of hydrogen-bond acceptors (Lipinski definition) is 3. The summed E-state index contributed by atoms with van der Waals surface area (Å²) < 4.78 is 5.78. The largest absolute Gasteiger partial charge is 0.491 e. The van der Waals surface area contributed by atoms with Crippen LogP contribution in [-0.4, -0.2) is 17.6 Å². The Morgan fingerprint density at radius 2 is 1.91 bits per heavy atom. The quantitative estimate of drug-likeness (QED) is 0.701. The minimum Gasteiger partial charge on any atom is -0.491 e. The van der Waals surface area contributed by atoms with Gasteiger partial charge in [-0.3, -0.25) is 4.79 Å². The van der Waals surface area contributed by atoms with Gasteiger partial charge in [-0.05, 0) is 43.7 Å². The maximum absolute atomic E-state index is 12.1. The third kappa shape index (κ3) is 2.62. The highest BCUT2D eigenvalue weighted by Crippen LogP contribution is 2.47. The summed E-state index contributed by atoms with van der Waals surface area (Å²) in [6, 6.07) is 5.79. The van der Waals surface area contributed by atoms with Crippen LogP contribution in [-0.2, 0) is 10.2 Å². The number of ether oxygens (including phenoxy) is 1. The van der Waals surface area contributed by atoms with Crippen LogP contribution in [0.15, 0.2) is 44.9 Å². The molecular weight excluding hydrogens is 333 g/mol. The third-order valence-electron chi connectivity index (χ3n) is 4.03. The zero-order chi connectivity index (χ0) is 16.9. The predicted molar refractivity (Wildman–Crippen MR) is 94.1 cm³/mol. The first kappa shape index (κ1) is 16.3. The van der Waals surface area contributed by atoms with Gasteiger partial charge in [0, 0.05) is 11.0 Å². The molecule has 1 aromatic carbocycles. The molecule has 1 aliphatic heterocycles. The van der Waals surface area contributed by atoms with E-state index >= 15 is 0 Å². The van der Waals surface area contributed by atoms with Crippen molar-refractivity contribution in [2.45, 2.75) is 39.2 Å². The summed E-state index contributed by atoms with van der Waals surface area (Å²) >= 11 is 12.3. The minimum absolute atomic E-state index is 0.0830. The lowest BCUT2D eigenvalue weighted by molar-refractivity contribution is -0.111. The predicted octanol–water partition coefficient (Wildman–Crippen LogP) is 5.04. The number of benzene rings is 1. The van der Waals surface area contributed by atoms with E-state index in [1.807, 2.05) is 45.9 Å². The molecule has 0 bridgehead atoms. The summed E-state index contributed by atoms with van der Waals surface area (Å²) in [5.74, 6) is 0.423. The van der Waals surface area contributed by atoms with Gasteiger partial charge in [0.15, 0.2) is 0 Å². The van der Waals surface area contributed by atoms with Crippen molar-refractivity contribution >= 4 is 40.4 Å². The minimum atomic E-state index is -0.469. The van der Waals surface area contributed by atoms with Crippen molar-refractivity contribution in [2.24, 2.45) is 4.99 Å². The van der Waals surface area contributed by atoms with E-state index in [0.717, 1.165) is 17.0 Å². The fourth-order valence-electron chi connectivity index (χ4n) is 2.99. The van der Waals surface area contributed by atoms with Crippen LogP contribution in [0.25, 0.3) is 0 Å². The van der Waals surface area contributed by atoms with Crippen LogP contribution in [0.5, 0.6) is 5.75 Å². The first-order valence-corrected chi connectivity index (χ1v) is 8.20. The van der Waals surface area contributed by atoms with Gasteiger partial charge < -0.3 is 4.74 Å². The topological polar surface area (TPSA) is 38.7 Å². The average Bonchev–Trinajstić information content (AvgIpc) is 2.44. The summed E-state index contributed by atoms with van der Waals surface area (Å²) in [4.78, 5) is 16.7. The summed E-state index contributed by atoms with van der Waals surface area (Å²) in [6.07, 6.45) is 1.67. The highest BCUT2D eigenvalue weighted by molar-refractivity contribution is 6.58. The normalized spacial score (nSPS) is 19.2. The van der Waals surface area contributed by atoms with Crippen molar-refractivity contribution in [1.29, 1.82) is 0 Å². The van der Waals surface area contributed by atoms with Crippen molar-refractivity contribution < 1.29 is 9.53 Å². The molecule has 0 atom stereocenters. The molecule has 5 heteroatoms. The fraction of sp³-hybridized carbons (Fsp3) is 0.333. The molecule has 3 nitrogen and oxygen atoms in total. The molecule has 2 aliphatic rings. The number of fused-ring (bicyclic) bond motifs is 2. The Morgan fingerprint density at radius 3 is 2.57 bits per heavy atom. The zero-order valence-electron chi connectivity index (χ0n) is 13.4. The van der Waals surface area contributed by atoms with Crippen LogP contribution < -0.4 is 4.74 Å². The van der Waals surface area contributed by atoms with Crippen LogP contribution in [0.3, 0.4) is 0 Å². The standard InChI is InChI=1S/C18H17Cl2NO2/c1-9(2)23-10-5-6-13-11(7-10)18(3,4)15-14(21-13)8-12(19)17(22)16(15)20/h5-9H,1-4H3. The summed E-state index contributed by atoms with van der Waals surface area (Å²) in [7, 11) is 0. The number of rotatable bonds is 2. The van der Waals surface area contributed by atoms with Crippen molar-refractivity contribution in [3.8, 4) is 5.75 Å². The van der Waals surface area contributed by atoms with E-state index in [1.54, 1.807) is 6.08 Å². The molecule has 0 radical (unpaired) electrons. The van der Waals surface area contributed by atoms with Crippen LogP contribution in [0, 0.1) is 0 Å². The number of ketones is 1. The van der Waals surface area contributed by atoms with Gasteiger partial charge in [0.2, 0.25) is 5.78 Å². The van der Waals surface area contributed by atoms with E-state index in [2.05, 4.69) is 4.99 Å². The highest BCUT2D eigenvalue weighted by atomic mass is 35.5. The molecular formula is C18H17Cl2NO2. The van der Waals surface area contributed by atoms with Gasteiger partial charge in [0.05, 0.1) is 27.6 Å². The van der Waals surface area contributed by atoms with E-state index in [-0.39, 0.29) is 22.0 Å². The second-order valence-corrected chi connectivity index (χ2v) is 7.26. The fourth-order valence-corrected chi connectivity index (χ4v) is 3.68. The SMILES string of the molecule is CC(C)Oc1ccc2c(c1)C(C)(C)C1=C(Cl)C(=O)C(Cl)=CC1=N2. The number of nitrogens with zero attached hydrogens (tertiary/aromatic N) is 1. The Kier molecular flexibility index (Phi) is 3.89. The van der Waals surface area contributed by atoms with Gasteiger partial charge in [-0.2, -0.15) is 0 Å². The lowest BCUT2D eigenvalue weighted by Crippen LogP contribution is -2.32. The van der Waals surface area contributed by atoms with Gasteiger partial charge in [0.1, 0.15) is 5.75 Å². The van der Waals surface area contributed by atoms with Crippen LogP contribution in [0.2, 0.25) is 0 Å². The molecule has 0 saturated carbocycles. The molecule has 1 heterocycles. The number of carbonyl (C=O) groups excluding carboxylic acids is 1. The van der Waals surface area contributed by atoms with Gasteiger partial charge >= 0.3 is 0 Å². The Balaban J connectivity index is 2.22. The molecule has 23 heavy (non-hydrogen) atoms. The Labute approximate surface area is 145 Å². The molecule has 0 unspecified atom stereocenters. The molecule has 0 saturated heterocycles. The first-order chi connectivity index (χ1) is 10.7. The molecule has 0 fully saturated rings. The van der Waals surface area contributed by atoms with Crippen molar-refractivity contribution in [2.75, 3.05) is 0 Å². The monoisotopic (exact) mass is 349 g/mol. The summed E-state index contributed by atoms with van der Waals surface area (Å²) in [5, 5.41) is 0.235. The highest BCUT2D eigenvalue weighted by Gasteiger charge is 2.40. The van der Waals surface area contributed by atoms with Crippen molar-refractivity contribution in [1.82, 2.24) is 0 Å². The molecule has 0 aromatic heterocycles. The Bertz CT molecular complexity index is 801. The van der Waals surface area contributed by atoms with E-state index in [0.29, 0.717) is 11.3 Å². The number of allylic oxidation sites excluding steroid dienone is 4. The van der Waals surface area contributed by atoms with Crippen LogP contribution >= 0.6 is 23.2 Å². The zero-order valence-corrected chi connectivity index (χ0v) is 14.9. The van der Waals surface area contributed by atoms with E-state index in [1.165, 1.54) is 0 Å². The molecule has 0 N–H and O–H groups in total. The Hall–Kier alpha value is -1.58. The van der Waals surface area contributed by atoms with Crippen LogP contribution in [0.1, 0.15) is 33.3 Å². The summed E-state index contributed by atoms with van der Waals surface area (Å²) in [6.45, 7) is 8.01. The lowest BCUT2D eigenvalue weighted by atomic mass is 9.71. The van der Waals surface area contributed by atoms with Crippen molar-refractivity contribution in [3.05, 3.63) is 45.5 Å². The summed E-state index contributed by atoms with van der Waals surface area (Å²) in [5.41, 5.74) is 2.71. The Morgan fingerprint density at radius 1 is 1.22 bits per heavy atom.